The molecule has 0 aliphatic carbocycles. The first-order chi connectivity index (χ1) is 8.81. The number of carbonyl (C=O) groups is 1. The highest BCUT2D eigenvalue weighted by Gasteiger charge is 2.23. The molecule has 0 unspecified atom stereocenters. The summed E-state index contributed by atoms with van der Waals surface area (Å²) in [4.78, 5) is 12.0. The summed E-state index contributed by atoms with van der Waals surface area (Å²) in [6.07, 6.45) is 2.69. The van der Waals surface area contributed by atoms with E-state index >= 15 is 0 Å². The molecule has 18 heavy (non-hydrogen) atoms. The van der Waals surface area contributed by atoms with Gasteiger partial charge in [0.15, 0.2) is 0 Å². The predicted molar refractivity (Wildman–Crippen MR) is 72.1 cm³/mol. The van der Waals surface area contributed by atoms with Crippen molar-refractivity contribution in [2.75, 3.05) is 13.1 Å². The van der Waals surface area contributed by atoms with Crippen molar-refractivity contribution in [1.29, 1.82) is 0 Å². The van der Waals surface area contributed by atoms with Crippen LogP contribution >= 0.6 is 0 Å². The van der Waals surface area contributed by atoms with E-state index in [2.05, 4.69) is 22.8 Å². The fourth-order valence-electron chi connectivity index (χ4n) is 2.24. The van der Waals surface area contributed by atoms with Crippen molar-refractivity contribution in [3.05, 3.63) is 35.4 Å². The molecule has 0 spiro atoms. The van der Waals surface area contributed by atoms with E-state index in [0.717, 1.165) is 32.4 Å². The Kier molecular flexibility index (Phi) is 4.73. The number of unbranched alkanes of at least 4 members (excludes halogenated alkanes) is 1. The average Bonchev–Trinajstić information content (AvgIpc) is 2.43. The highest BCUT2D eigenvalue weighted by atomic mass is 16.2. The van der Waals surface area contributed by atoms with Crippen LogP contribution in [0.3, 0.4) is 0 Å². The SMILES string of the molecule is NCCCCNC(=O)[C@@H]1Cc2ccccc2CN1. The molecule has 0 radical (unpaired) electrons. The second-order valence-electron chi connectivity index (χ2n) is 4.69. The van der Waals surface area contributed by atoms with Crippen molar-refractivity contribution >= 4 is 5.91 Å². The van der Waals surface area contributed by atoms with Crippen molar-refractivity contribution in [3.63, 3.8) is 0 Å². The summed E-state index contributed by atoms with van der Waals surface area (Å²) < 4.78 is 0. The normalized spacial score (nSPS) is 18.2. The van der Waals surface area contributed by atoms with Gasteiger partial charge in [-0.05, 0) is 36.9 Å². The van der Waals surface area contributed by atoms with Gasteiger partial charge in [-0.15, -0.1) is 0 Å². The Hall–Kier alpha value is -1.39. The van der Waals surface area contributed by atoms with E-state index in [9.17, 15) is 4.79 Å². The molecule has 4 N–H and O–H groups in total. The Morgan fingerprint density at radius 3 is 2.89 bits per heavy atom. The molecule has 0 aromatic heterocycles. The first-order valence-corrected chi connectivity index (χ1v) is 6.59. The van der Waals surface area contributed by atoms with Crippen LogP contribution in [-0.4, -0.2) is 25.0 Å². The zero-order valence-corrected chi connectivity index (χ0v) is 10.6. The minimum absolute atomic E-state index is 0.0986. The van der Waals surface area contributed by atoms with Gasteiger partial charge < -0.3 is 16.4 Å². The molecule has 1 heterocycles. The molecule has 4 nitrogen and oxygen atoms in total. The molecular formula is C14H21N3O. The smallest absolute Gasteiger partial charge is 0.237 e. The second kappa shape index (κ2) is 6.52. The van der Waals surface area contributed by atoms with Gasteiger partial charge in [0.2, 0.25) is 5.91 Å². The summed E-state index contributed by atoms with van der Waals surface area (Å²) in [5, 5.41) is 6.24. The molecule has 1 aliphatic rings. The number of fused-ring (bicyclic) bond motifs is 1. The summed E-state index contributed by atoms with van der Waals surface area (Å²) in [5.74, 6) is 0.0986. The molecule has 1 amide bonds. The zero-order chi connectivity index (χ0) is 12.8. The van der Waals surface area contributed by atoms with Gasteiger partial charge in [-0.2, -0.15) is 0 Å². The van der Waals surface area contributed by atoms with E-state index < -0.39 is 0 Å². The molecule has 1 aromatic rings. The number of amides is 1. The maximum absolute atomic E-state index is 12.0. The van der Waals surface area contributed by atoms with Crippen molar-refractivity contribution in [3.8, 4) is 0 Å². The largest absolute Gasteiger partial charge is 0.355 e. The van der Waals surface area contributed by atoms with Gasteiger partial charge >= 0.3 is 0 Å². The van der Waals surface area contributed by atoms with Crippen LogP contribution in [0.15, 0.2) is 24.3 Å². The van der Waals surface area contributed by atoms with E-state index in [4.69, 9.17) is 5.73 Å². The Morgan fingerprint density at radius 1 is 1.33 bits per heavy atom. The number of carbonyl (C=O) groups excluding carboxylic acids is 1. The first kappa shape index (κ1) is 13.1. The quantitative estimate of drug-likeness (QED) is 0.666. The summed E-state index contributed by atoms with van der Waals surface area (Å²) in [7, 11) is 0. The molecule has 0 saturated heterocycles. The lowest BCUT2D eigenvalue weighted by Gasteiger charge is -2.25. The lowest BCUT2D eigenvalue weighted by molar-refractivity contribution is -0.123. The van der Waals surface area contributed by atoms with Gasteiger partial charge in [-0.3, -0.25) is 4.79 Å². The monoisotopic (exact) mass is 247 g/mol. The van der Waals surface area contributed by atoms with Crippen LogP contribution in [-0.2, 0) is 17.8 Å². The molecule has 1 aliphatic heterocycles. The molecule has 1 aromatic carbocycles. The van der Waals surface area contributed by atoms with Crippen LogP contribution in [0.1, 0.15) is 24.0 Å². The standard InChI is InChI=1S/C14H21N3O/c15-7-3-4-8-16-14(18)13-9-11-5-1-2-6-12(11)10-17-13/h1-2,5-6,13,17H,3-4,7-10,15H2,(H,16,18)/t13-/m0/s1. The Balaban J connectivity index is 1.83. The molecule has 1 atom stereocenters. The van der Waals surface area contributed by atoms with Crippen LogP contribution < -0.4 is 16.4 Å². The Morgan fingerprint density at radius 2 is 2.11 bits per heavy atom. The average molecular weight is 247 g/mol. The fourth-order valence-corrected chi connectivity index (χ4v) is 2.24. The van der Waals surface area contributed by atoms with Gasteiger partial charge in [-0.1, -0.05) is 24.3 Å². The maximum atomic E-state index is 12.0. The van der Waals surface area contributed by atoms with Crippen LogP contribution in [0.25, 0.3) is 0 Å². The predicted octanol–water partition coefficient (Wildman–Crippen LogP) is 0.556. The third-order valence-electron chi connectivity index (χ3n) is 3.33. The highest BCUT2D eigenvalue weighted by molar-refractivity contribution is 5.82. The Bertz CT molecular complexity index is 406. The van der Waals surface area contributed by atoms with Gasteiger partial charge in [0.05, 0.1) is 6.04 Å². The van der Waals surface area contributed by atoms with Crippen molar-refractivity contribution in [2.24, 2.45) is 5.73 Å². The summed E-state index contributed by atoms with van der Waals surface area (Å²) in [5.41, 5.74) is 7.99. The van der Waals surface area contributed by atoms with Gasteiger partial charge in [0, 0.05) is 13.1 Å². The molecule has 4 heteroatoms. The highest BCUT2D eigenvalue weighted by Crippen LogP contribution is 2.16. The first-order valence-electron chi connectivity index (χ1n) is 6.59. The van der Waals surface area contributed by atoms with Crippen LogP contribution in [0.5, 0.6) is 0 Å². The molecule has 0 fully saturated rings. The summed E-state index contributed by atoms with van der Waals surface area (Å²) in [6, 6.07) is 8.18. The Labute approximate surface area is 108 Å². The molecule has 0 bridgehead atoms. The van der Waals surface area contributed by atoms with Crippen molar-refractivity contribution in [1.82, 2.24) is 10.6 Å². The minimum Gasteiger partial charge on any atom is -0.355 e. The second-order valence-corrected chi connectivity index (χ2v) is 4.69. The van der Waals surface area contributed by atoms with E-state index in [0.29, 0.717) is 6.54 Å². The summed E-state index contributed by atoms with van der Waals surface area (Å²) in [6.45, 7) is 2.18. The number of nitrogens with two attached hydrogens (primary N) is 1. The number of nitrogens with one attached hydrogen (secondary N) is 2. The van der Waals surface area contributed by atoms with Gasteiger partial charge in [-0.25, -0.2) is 0 Å². The number of hydrogen-bond acceptors (Lipinski definition) is 3. The number of hydrogen-bond donors (Lipinski definition) is 3. The maximum Gasteiger partial charge on any atom is 0.237 e. The summed E-state index contributed by atoms with van der Waals surface area (Å²) >= 11 is 0. The lowest BCUT2D eigenvalue weighted by Crippen LogP contribution is -2.47. The third-order valence-corrected chi connectivity index (χ3v) is 3.33. The number of rotatable bonds is 5. The zero-order valence-electron chi connectivity index (χ0n) is 10.6. The third kappa shape index (κ3) is 3.31. The lowest BCUT2D eigenvalue weighted by atomic mass is 9.95. The molecule has 98 valence electrons. The van der Waals surface area contributed by atoms with Crippen LogP contribution in [0.2, 0.25) is 0 Å². The van der Waals surface area contributed by atoms with E-state index in [1.54, 1.807) is 0 Å². The van der Waals surface area contributed by atoms with E-state index in [-0.39, 0.29) is 11.9 Å². The van der Waals surface area contributed by atoms with Gasteiger partial charge in [0.1, 0.15) is 0 Å². The van der Waals surface area contributed by atoms with Gasteiger partial charge in [0.25, 0.3) is 0 Å². The topological polar surface area (TPSA) is 67.1 Å². The van der Waals surface area contributed by atoms with Crippen molar-refractivity contribution < 1.29 is 4.79 Å². The number of benzene rings is 1. The van der Waals surface area contributed by atoms with Crippen LogP contribution in [0.4, 0.5) is 0 Å². The minimum atomic E-state index is -0.0993. The molecule has 0 saturated carbocycles. The van der Waals surface area contributed by atoms with Crippen molar-refractivity contribution in [2.45, 2.75) is 31.8 Å². The van der Waals surface area contributed by atoms with E-state index in [1.165, 1.54) is 11.1 Å². The fraction of sp³-hybridized carbons (Fsp3) is 0.500. The molecular weight excluding hydrogens is 226 g/mol. The van der Waals surface area contributed by atoms with E-state index in [1.807, 2.05) is 12.1 Å². The van der Waals surface area contributed by atoms with Crippen LogP contribution in [0, 0.1) is 0 Å². The molecule has 2 rings (SSSR count).